The number of fused-ring (bicyclic) bond motifs is 1. The third-order valence-corrected chi connectivity index (χ3v) is 6.82. The first-order valence-corrected chi connectivity index (χ1v) is 9.66. The monoisotopic (exact) mass is 370 g/mol. The zero-order valence-corrected chi connectivity index (χ0v) is 14.7. The van der Waals surface area contributed by atoms with E-state index in [0.29, 0.717) is 0 Å². The van der Waals surface area contributed by atoms with Crippen LogP contribution in [0.15, 0.2) is 28.1 Å². The molecule has 1 aliphatic rings. The molecule has 0 saturated heterocycles. The predicted octanol–water partition coefficient (Wildman–Crippen LogP) is 7.30. The van der Waals surface area contributed by atoms with Crippen molar-refractivity contribution in [3.8, 4) is 0 Å². The smallest absolute Gasteiger partial charge is 0.0602 e. The van der Waals surface area contributed by atoms with E-state index in [1.165, 1.54) is 58.6 Å². The second kappa shape index (κ2) is 6.81. The Kier molecular flexibility index (Phi) is 5.06. The Morgan fingerprint density at radius 2 is 1.95 bits per heavy atom. The topological polar surface area (TPSA) is 0 Å². The van der Waals surface area contributed by atoms with Crippen LogP contribution in [0.5, 0.6) is 0 Å². The molecule has 0 aliphatic heterocycles. The van der Waals surface area contributed by atoms with Crippen LogP contribution in [0.4, 0.5) is 0 Å². The number of benzene rings is 1. The van der Waals surface area contributed by atoms with E-state index in [1.54, 1.807) is 11.3 Å². The molecule has 3 heteroatoms. The van der Waals surface area contributed by atoms with E-state index in [0.717, 1.165) is 12.3 Å². The normalized spacial score (nSPS) is 19.1. The standard InChI is InChI=1S/C17H20BrClS/c18-15-9-5-8-13-14(11-20-17(13)15)16(19)10-12-6-3-1-2-4-7-12/h5,8-9,11-12,16H,1-4,6-7,10H2. The summed E-state index contributed by atoms with van der Waals surface area (Å²) in [6, 6.07) is 6.42. The van der Waals surface area contributed by atoms with E-state index < -0.39 is 0 Å². The summed E-state index contributed by atoms with van der Waals surface area (Å²) in [7, 11) is 0. The average Bonchev–Trinajstić information content (AvgIpc) is 2.72. The second-order valence-corrected chi connectivity index (χ2v) is 8.13. The molecule has 1 aromatic heterocycles. The first kappa shape index (κ1) is 14.9. The fourth-order valence-electron chi connectivity index (χ4n) is 3.30. The van der Waals surface area contributed by atoms with Crippen molar-refractivity contribution in [3.05, 3.63) is 33.6 Å². The van der Waals surface area contributed by atoms with Gasteiger partial charge in [0.1, 0.15) is 0 Å². The lowest BCUT2D eigenvalue weighted by Gasteiger charge is -2.17. The summed E-state index contributed by atoms with van der Waals surface area (Å²) in [5.41, 5.74) is 1.33. The third kappa shape index (κ3) is 3.23. The van der Waals surface area contributed by atoms with Crippen molar-refractivity contribution in [1.29, 1.82) is 0 Å². The Morgan fingerprint density at radius 3 is 2.70 bits per heavy atom. The van der Waals surface area contributed by atoms with Crippen molar-refractivity contribution in [2.45, 2.75) is 50.3 Å². The van der Waals surface area contributed by atoms with Crippen molar-refractivity contribution in [2.24, 2.45) is 5.92 Å². The third-order valence-electron chi connectivity index (χ3n) is 4.43. The minimum atomic E-state index is 0.168. The molecule has 1 unspecified atom stereocenters. The lowest BCUT2D eigenvalue weighted by atomic mass is 9.92. The fourth-order valence-corrected chi connectivity index (χ4v) is 5.49. The highest BCUT2D eigenvalue weighted by Gasteiger charge is 2.20. The lowest BCUT2D eigenvalue weighted by Crippen LogP contribution is -2.03. The van der Waals surface area contributed by atoms with Gasteiger partial charge in [-0.1, -0.05) is 50.7 Å². The van der Waals surface area contributed by atoms with E-state index in [2.05, 4.69) is 39.5 Å². The van der Waals surface area contributed by atoms with Gasteiger partial charge >= 0.3 is 0 Å². The van der Waals surface area contributed by atoms with Crippen LogP contribution >= 0.6 is 38.9 Å². The number of hydrogen-bond acceptors (Lipinski definition) is 1. The van der Waals surface area contributed by atoms with Gasteiger partial charge < -0.3 is 0 Å². The molecule has 108 valence electrons. The zero-order chi connectivity index (χ0) is 13.9. The number of rotatable bonds is 3. The molecule has 3 rings (SSSR count). The molecule has 0 bridgehead atoms. The van der Waals surface area contributed by atoms with Crippen molar-refractivity contribution in [3.63, 3.8) is 0 Å². The van der Waals surface area contributed by atoms with E-state index in [1.807, 2.05) is 0 Å². The van der Waals surface area contributed by atoms with Crippen molar-refractivity contribution >= 4 is 49.0 Å². The van der Waals surface area contributed by atoms with E-state index in [4.69, 9.17) is 11.6 Å². The molecule has 1 heterocycles. The number of halogens is 2. The van der Waals surface area contributed by atoms with Crippen LogP contribution in [0.1, 0.15) is 55.9 Å². The Balaban J connectivity index is 1.78. The number of thiophene rings is 1. The van der Waals surface area contributed by atoms with Gasteiger partial charge in [-0.2, -0.15) is 0 Å². The summed E-state index contributed by atoms with van der Waals surface area (Å²) in [5.74, 6) is 0.821. The lowest BCUT2D eigenvalue weighted by molar-refractivity contribution is 0.424. The SMILES string of the molecule is ClC(CC1CCCCCC1)c1csc2c(Br)cccc12. The van der Waals surface area contributed by atoms with Gasteiger partial charge in [0, 0.05) is 9.17 Å². The van der Waals surface area contributed by atoms with Crippen LogP contribution in [0, 0.1) is 5.92 Å². The molecular formula is C17H20BrClS. The maximum atomic E-state index is 6.76. The molecular weight excluding hydrogens is 352 g/mol. The molecule has 1 fully saturated rings. The van der Waals surface area contributed by atoms with E-state index >= 15 is 0 Å². The largest absolute Gasteiger partial charge is 0.142 e. The highest BCUT2D eigenvalue weighted by molar-refractivity contribution is 9.10. The molecule has 1 saturated carbocycles. The molecule has 0 amide bonds. The van der Waals surface area contributed by atoms with Gasteiger partial charge in [0.05, 0.1) is 5.38 Å². The summed E-state index contributed by atoms with van der Waals surface area (Å²) in [6.45, 7) is 0. The summed E-state index contributed by atoms with van der Waals surface area (Å²) >= 11 is 12.2. The summed E-state index contributed by atoms with van der Waals surface area (Å²) < 4.78 is 2.51. The van der Waals surface area contributed by atoms with Gasteiger partial charge in [0.25, 0.3) is 0 Å². The fraction of sp³-hybridized carbons (Fsp3) is 0.529. The molecule has 0 nitrogen and oxygen atoms in total. The van der Waals surface area contributed by atoms with Crippen LogP contribution in [-0.2, 0) is 0 Å². The van der Waals surface area contributed by atoms with Gasteiger partial charge in [0.15, 0.2) is 0 Å². The quantitative estimate of drug-likeness (QED) is 0.392. The average molecular weight is 372 g/mol. The van der Waals surface area contributed by atoms with Gasteiger partial charge in [-0.3, -0.25) is 0 Å². The zero-order valence-electron chi connectivity index (χ0n) is 11.6. The molecule has 20 heavy (non-hydrogen) atoms. The maximum Gasteiger partial charge on any atom is 0.0602 e. The first-order valence-electron chi connectivity index (χ1n) is 7.55. The van der Waals surface area contributed by atoms with Gasteiger partial charge in [-0.15, -0.1) is 22.9 Å². The van der Waals surface area contributed by atoms with E-state index in [-0.39, 0.29) is 5.38 Å². The van der Waals surface area contributed by atoms with Crippen molar-refractivity contribution in [1.82, 2.24) is 0 Å². The highest BCUT2D eigenvalue weighted by atomic mass is 79.9. The van der Waals surface area contributed by atoms with Crippen LogP contribution in [0.3, 0.4) is 0 Å². The van der Waals surface area contributed by atoms with E-state index in [9.17, 15) is 0 Å². The Labute approximate surface area is 138 Å². The van der Waals surface area contributed by atoms with Crippen LogP contribution < -0.4 is 0 Å². The highest BCUT2D eigenvalue weighted by Crippen LogP contribution is 2.41. The van der Waals surface area contributed by atoms with Crippen LogP contribution in [-0.4, -0.2) is 0 Å². The Bertz CT molecular complexity index is 569. The molecule has 1 atom stereocenters. The Morgan fingerprint density at radius 1 is 1.20 bits per heavy atom. The summed E-state index contributed by atoms with van der Waals surface area (Å²) in [4.78, 5) is 0. The molecule has 0 N–H and O–H groups in total. The summed E-state index contributed by atoms with van der Waals surface area (Å²) in [6.07, 6.45) is 9.49. The van der Waals surface area contributed by atoms with Crippen LogP contribution in [0.25, 0.3) is 10.1 Å². The number of hydrogen-bond donors (Lipinski definition) is 0. The molecule has 1 aromatic carbocycles. The van der Waals surface area contributed by atoms with Gasteiger partial charge in [0.2, 0.25) is 0 Å². The molecule has 2 aromatic rings. The minimum absolute atomic E-state index is 0.168. The second-order valence-electron chi connectivity index (χ2n) is 5.87. The van der Waals surface area contributed by atoms with Gasteiger partial charge in [-0.05, 0) is 50.7 Å². The Hall–Kier alpha value is -0.0500. The number of alkyl halides is 1. The van der Waals surface area contributed by atoms with Gasteiger partial charge in [-0.25, -0.2) is 0 Å². The summed E-state index contributed by atoms with van der Waals surface area (Å²) in [5, 5.41) is 3.75. The molecule has 1 aliphatic carbocycles. The first-order chi connectivity index (χ1) is 9.75. The minimum Gasteiger partial charge on any atom is -0.142 e. The molecule has 0 radical (unpaired) electrons. The van der Waals surface area contributed by atoms with Crippen molar-refractivity contribution < 1.29 is 0 Å². The predicted molar refractivity (Wildman–Crippen MR) is 93.9 cm³/mol. The maximum absolute atomic E-state index is 6.76. The van der Waals surface area contributed by atoms with Crippen LogP contribution in [0.2, 0.25) is 0 Å². The van der Waals surface area contributed by atoms with Crippen molar-refractivity contribution in [2.75, 3.05) is 0 Å². The molecule has 0 spiro atoms.